The molecule has 25 heavy (non-hydrogen) atoms. The minimum absolute atomic E-state index is 0.409. The van der Waals surface area contributed by atoms with E-state index >= 15 is 0 Å². The van der Waals surface area contributed by atoms with Crippen molar-refractivity contribution in [1.82, 2.24) is 20.6 Å². The first-order valence-electron chi connectivity index (χ1n) is 7.61. The van der Waals surface area contributed by atoms with E-state index in [1.165, 1.54) is 36.1 Å². The maximum Gasteiger partial charge on any atom is 0.274 e. The molecule has 0 atom stereocenters. The highest BCUT2D eigenvalue weighted by molar-refractivity contribution is 7.99. The van der Waals surface area contributed by atoms with Crippen LogP contribution in [0.5, 0.6) is 0 Å². The van der Waals surface area contributed by atoms with Gasteiger partial charge in [-0.05, 0) is 12.8 Å². The van der Waals surface area contributed by atoms with Gasteiger partial charge in [0.1, 0.15) is 12.5 Å². The van der Waals surface area contributed by atoms with Gasteiger partial charge in [-0.15, -0.1) is 0 Å². The van der Waals surface area contributed by atoms with Crippen molar-refractivity contribution < 1.29 is 13.8 Å². The maximum atomic E-state index is 10.7. The third kappa shape index (κ3) is 8.49. The molecule has 0 radical (unpaired) electrons. The van der Waals surface area contributed by atoms with E-state index in [9.17, 15) is 10.1 Å². The highest BCUT2D eigenvalue weighted by Gasteiger charge is 2.04. The van der Waals surface area contributed by atoms with Crippen LogP contribution in [-0.4, -0.2) is 39.5 Å². The summed E-state index contributed by atoms with van der Waals surface area (Å²) < 4.78 is 10.2. The van der Waals surface area contributed by atoms with E-state index in [2.05, 4.69) is 20.6 Å². The number of aromatic nitrogens is 2. The largest absolute Gasteiger partial charge is 0.440 e. The zero-order valence-corrected chi connectivity index (χ0v) is 15.1. The van der Waals surface area contributed by atoms with Crippen LogP contribution in [0.4, 0.5) is 0 Å². The van der Waals surface area contributed by atoms with E-state index in [1.54, 1.807) is 12.4 Å². The van der Waals surface area contributed by atoms with Gasteiger partial charge in [-0.3, -0.25) is 10.1 Å². The Balaban J connectivity index is 1.58. The third-order valence-electron chi connectivity index (χ3n) is 2.78. The zero-order chi connectivity index (χ0) is 17.7. The van der Waals surface area contributed by atoms with Crippen molar-refractivity contribution in [2.75, 3.05) is 24.6 Å². The minimum atomic E-state index is -0.474. The van der Waals surface area contributed by atoms with E-state index in [0.29, 0.717) is 29.4 Å². The smallest absolute Gasteiger partial charge is 0.274 e. The Morgan fingerprint density at radius 3 is 2.00 bits per heavy atom. The molecule has 0 aliphatic heterocycles. The molecule has 0 amide bonds. The van der Waals surface area contributed by atoms with Gasteiger partial charge < -0.3 is 19.5 Å². The normalized spacial score (nSPS) is 10.4. The molecule has 0 spiro atoms. The van der Waals surface area contributed by atoms with Crippen LogP contribution < -0.4 is 10.6 Å². The summed E-state index contributed by atoms with van der Waals surface area (Å²) in [4.78, 5) is 18.3. The number of nitrogens with zero attached hydrogens (tertiary/aromatic N) is 3. The van der Waals surface area contributed by atoms with Crippen molar-refractivity contribution in [2.45, 2.75) is 23.3 Å². The molecule has 2 aromatic heterocycles. The summed E-state index contributed by atoms with van der Waals surface area (Å²) >= 11 is 3.01. The fourth-order valence-electron chi connectivity index (χ4n) is 1.73. The molecule has 0 unspecified atom stereocenters. The SMILES string of the molecule is O=[N+]([O-])C=C(NCCCSc1ncco1)NCCCSc1ncco1. The van der Waals surface area contributed by atoms with Gasteiger partial charge in [0.05, 0.1) is 17.3 Å². The van der Waals surface area contributed by atoms with Crippen LogP contribution in [0.15, 0.2) is 56.2 Å². The number of nitrogens with one attached hydrogen (secondary N) is 2. The lowest BCUT2D eigenvalue weighted by atomic mass is 10.4. The number of oxazole rings is 2. The van der Waals surface area contributed by atoms with E-state index < -0.39 is 4.92 Å². The molecule has 0 aliphatic rings. The molecule has 0 aromatic carbocycles. The molecule has 0 fully saturated rings. The number of hydrogen-bond acceptors (Lipinski definition) is 10. The summed E-state index contributed by atoms with van der Waals surface area (Å²) in [5.74, 6) is 2.03. The Hall–Kier alpha value is -2.14. The quantitative estimate of drug-likeness (QED) is 0.230. The van der Waals surface area contributed by atoms with Gasteiger partial charge in [-0.25, -0.2) is 9.97 Å². The molecule has 0 bridgehead atoms. The topological polar surface area (TPSA) is 119 Å². The van der Waals surface area contributed by atoms with Crippen molar-refractivity contribution in [2.24, 2.45) is 0 Å². The zero-order valence-electron chi connectivity index (χ0n) is 13.4. The lowest BCUT2D eigenvalue weighted by molar-refractivity contribution is -0.404. The highest BCUT2D eigenvalue weighted by atomic mass is 32.2. The second kappa shape index (κ2) is 11.4. The molecule has 0 saturated heterocycles. The number of hydrogen-bond donors (Lipinski definition) is 2. The Labute approximate surface area is 153 Å². The molecule has 2 aromatic rings. The molecule has 0 saturated carbocycles. The first kappa shape index (κ1) is 19.2. The highest BCUT2D eigenvalue weighted by Crippen LogP contribution is 2.16. The maximum absolute atomic E-state index is 10.7. The first-order valence-corrected chi connectivity index (χ1v) is 9.59. The van der Waals surface area contributed by atoms with Crippen LogP contribution in [0.25, 0.3) is 0 Å². The van der Waals surface area contributed by atoms with Gasteiger partial charge in [0.2, 0.25) is 0 Å². The van der Waals surface area contributed by atoms with Crippen LogP contribution in [-0.2, 0) is 0 Å². The van der Waals surface area contributed by atoms with Crippen molar-refractivity contribution >= 4 is 23.5 Å². The monoisotopic (exact) mass is 385 g/mol. The molecule has 2 N–H and O–H groups in total. The predicted octanol–water partition coefficient (Wildman–Crippen LogP) is 2.58. The van der Waals surface area contributed by atoms with E-state index in [0.717, 1.165) is 30.5 Å². The van der Waals surface area contributed by atoms with Gasteiger partial charge in [-0.1, -0.05) is 23.5 Å². The number of nitro groups is 1. The lowest BCUT2D eigenvalue weighted by Crippen LogP contribution is -2.29. The Bertz CT molecular complexity index is 587. The van der Waals surface area contributed by atoms with Crippen molar-refractivity contribution in [3.05, 3.63) is 47.1 Å². The summed E-state index contributed by atoms with van der Waals surface area (Å²) in [6.07, 6.45) is 8.85. The number of thioether (sulfide) groups is 2. The fourth-order valence-corrected chi connectivity index (χ4v) is 3.18. The molecule has 0 aliphatic carbocycles. The summed E-state index contributed by atoms with van der Waals surface area (Å²) in [5.41, 5.74) is 0. The van der Waals surface area contributed by atoms with Crippen LogP contribution in [0.2, 0.25) is 0 Å². The first-order chi connectivity index (χ1) is 12.2. The molecule has 9 nitrogen and oxygen atoms in total. The lowest BCUT2D eigenvalue weighted by Gasteiger charge is -2.10. The van der Waals surface area contributed by atoms with Crippen LogP contribution in [0.1, 0.15) is 12.8 Å². The van der Waals surface area contributed by atoms with Gasteiger partial charge in [-0.2, -0.15) is 0 Å². The second-order valence-corrected chi connectivity index (χ2v) is 6.77. The molecular weight excluding hydrogens is 366 g/mol. The summed E-state index contributed by atoms with van der Waals surface area (Å²) in [6.45, 7) is 1.23. The Kier molecular flexibility index (Phi) is 8.77. The van der Waals surface area contributed by atoms with E-state index in [-0.39, 0.29) is 0 Å². The molecule has 2 rings (SSSR count). The van der Waals surface area contributed by atoms with Gasteiger partial charge >= 0.3 is 0 Å². The van der Waals surface area contributed by atoms with Crippen LogP contribution in [0, 0.1) is 10.1 Å². The molecular formula is C14H19N5O4S2. The molecule has 136 valence electrons. The predicted molar refractivity (Wildman–Crippen MR) is 94.8 cm³/mol. The Morgan fingerprint density at radius 2 is 1.60 bits per heavy atom. The molecule has 11 heteroatoms. The summed E-state index contributed by atoms with van der Waals surface area (Å²) in [6, 6.07) is 0. The van der Waals surface area contributed by atoms with E-state index in [4.69, 9.17) is 8.83 Å². The third-order valence-corrected chi connectivity index (χ3v) is 4.66. The Morgan fingerprint density at radius 1 is 1.08 bits per heavy atom. The summed E-state index contributed by atoms with van der Waals surface area (Å²) in [5, 5.41) is 18.0. The van der Waals surface area contributed by atoms with E-state index in [1.807, 2.05) is 0 Å². The van der Waals surface area contributed by atoms with Crippen LogP contribution in [0.3, 0.4) is 0 Å². The average Bonchev–Trinajstić information content (AvgIpc) is 3.27. The summed E-state index contributed by atoms with van der Waals surface area (Å²) in [7, 11) is 0. The second-order valence-electron chi connectivity index (χ2n) is 4.68. The molecule has 2 heterocycles. The fraction of sp³-hybridized carbons (Fsp3) is 0.429. The van der Waals surface area contributed by atoms with Crippen molar-refractivity contribution in [1.29, 1.82) is 0 Å². The van der Waals surface area contributed by atoms with Crippen molar-refractivity contribution in [3.63, 3.8) is 0 Å². The van der Waals surface area contributed by atoms with Gasteiger partial charge in [0.25, 0.3) is 16.6 Å². The van der Waals surface area contributed by atoms with Gasteiger partial charge in [0.15, 0.2) is 5.82 Å². The van der Waals surface area contributed by atoms with Crippen molar-refractivity contribution in [3.8, 4) is 0 Å². The van der Waals surface area contributed by atoms with Crippen LogP contribution >= 0.6 is 23.5 Å². The minimum Gasteiger partial charge on any atom is -0.440 e. The number of rotatable bonds is 13. The average molecular weight is 385 g/mol. The standard InChI is InChI=1S/C14H19N5O4S2/c20-19(21)11-12(15-3-1-9-24-13-17-5-7-22-13)16-4-2-10-25-14-18-6-8-23-14/h5-8,11,15-16H,1-4,9-10H2. The van der Waals surface area contributed by atoms with Gasteiger partial charge in [0, 0.05) is 24.6 Å².